The van der Waals surface area contributed by atoms with Crippen molar-refractivity contribution in [1.29, 1.82) is 0 Å². The number of aromatic nitrogens is 2. The number of aromatic amines is 1. The molecule has 0 aliphatic carbocycles. The fourth-order valence-corrected chi connectivity index (χ4v) is 3.65. The summed E-state index contributed by atoms with van der Waals surface area (Å²) in [5, 5.41) is 12.4. The second-order valence-corrected chi connectivity index (χ2v) is 7.53. The second-order valence-electron chi connectivity index (χ2n) is 5.85. The Morgan fingerprint density at radius 2 is 1.86 bits per heavy atom. The van der Waals surface area contributed by atoms with Crippen molar-refractivity contribution in [2.24, 2.45) is 0 Å². The summed E-state index contributed by atoms with van der Waals surface area (Å²) in [6, 6.07) is 13.5. The summed E-state index contributed by atoms with van der Waals surface area (Å²) in [6.45, 7) is 0. The van der Waals surface area contributed by atoms with Crippen molar-refractivity contribution in [2.45, 2.75) is 4.90 Å². The first-order chi connectivity index (χ1) is 13.4. The van der Waals surface area contributed by atoms with Gasteiger partial charge in [0.05, 0.1) is 16.1 Å². The van der Waals surface area contributed by atoms with Crippen LogP contribution in [0.1, 0.15) is 0 Å². The maximum Gasteiger partial charge on any atom is 0.417 e. The van der Waals surface area contributed by atoms with Crippen molar-refractivity contribution in [1.82, 2.24) is 9.97 Å². The van der Waals surface area contributed by atoms with Crippen molar-refractivity contribution in [3.05, 3.63) is 71.3 Å². The van der Waals surface area contributed by atoms with E-state index in [-0.39, 0.29) is 27.7 Å². The quantitative estimate of drug-likeness (QED) is 0.379. The lowest BCUT2D eigenvalue weighted by Gasteiger charge is -2.13. The van der Waals surface area contributed by atoms with Gasteiger partial charge in [-0.15, -0.1) is 0 Å². The lowest BCUT2D eigenvalue weighted by Crippen LogP contribution is -2.14. The summed E-state index contributed by atoms with van der Waals surface area (Å²) in [5.74, 6) is -0.268. The van der Waals surface area contributed by atoms with E-state index < -0.39 is 15.8 Å². The van der Waals surface area contributed by atoms with E-state index in [4.69, 9.17) is 4.42 Å². The van der Waals surface area contributed by atoms with Gasteiger partial charge < -0.3 is 14.8 Å². The van der Waals surface area contributed by atoms with E-state index in [1.54, 1.807) is 24.3 Å². The fraction of sp³-hybridized carbons (Fsp3) is 0. The van der Waals surface area contributed by atoms with Gasteiger partial charge in [0.2, 0.25) is 0 Å². The van der Waals surface area contributed by atoms with E-state index in [0.717, 1.165) is 0 Å². The normalized spacial score (nSPS) is 11.4. The SMILES string of the molecule is O=c1[nH]c2ccc(S(=O)(=O)Nc3cccnc3Nc3ccc(O)cc3)cc2o1. The average molecular weight is 398 g/mol. The standard InChI is InChI=1S/C18H14N4O5S/c23-12-5-3-11(4-6-12)20-17-15(2-1-9-19-17)22-28(25,26)13-7-8-14-16(10-13)27-18(24)21-14/h1-10,22-23H,(H,19,20)(H,21,24). The molecule has 0 bridgehead atoms. The molecule has 0 aliphatic rings. The molecule has 0 atom stereocenters. The van der Waals surface area contributed by atoms with E-state index in [1.807, 2.05) is 0 Å². The molecule has 0 saturated carbocycles. The minimum Gasteiger partial charge on any atom is -0.508 e. The zero-order valence-corrected chi connectivity index (χ0v) is 15.0. The van der Waals surface area contributed by atoms with Crippen LogP contribution < -0.4 is 15.8 Å². The van der Waals surface area contributed by atoms with Crippen LogP contribution in [-0.2, 0) is 10.0 Å². The minimum absolute atomic E-state index is 0.0674. The van der Waals surface area contributed by atoms with Gasteiger partial charge in [0.1, 0.15) is 5.75 Å². The fourth-order valence-electron chi connectivity index (χ4n) is 2.57. The summed E-state index contributed by atoms with van der Waals surface area (Å²) >= 11 is 0. The molecule has 0 amide bonds. The molecule has 0 radical (unpaired) electrons. The number of nitrogens with zero attached hydrogens (tertiary/aromatic N) is 1. The van der Waals surface area contributed by atoms with E-state index in [2.05, 4.69) is 20.0 Å². The van der Waals surface area contributed by atoms with Crippen molar-refractivity contribution in [2.75, 3.05) is 10.0 Å². The number of hydrogen-bond acceptors (Lipinski definition) is 7. The van der Waals surface area contributed by atoms with Crippen LogP contribution in [0, 0.1) is 0 Å². The van der Waals surface area contributed by atoms with E-state index in [1.165, 1.54) is 36.5 Å². The lowest BCUT2D eigenvalue weighted by atomic mass is 10.3. The third-order valence-electron chi connectivity index (χ3n) is 3.88. The smallest absolute Gasteiger partial charge is 0.417 e. The van der Waals surface area contributed by atoms with Crippen molar-refractivity contribution in [3.8, 4) is 5.75 Å². The van der Waals surface area contributed by atoms with Crippen LogP contribution in [0.2, 0.25) is 0 Å². The molecular formula is C18H14N4O5S. The topological polar surface area (TPSA) is 137 Å². The predicted molar refractivity (Wildman–Crippen MR) is 103 cm³/mol. The number of oxazole rings is 1. The Kier molecular flexibility index (Phi) is 4.24. The van der Waals surface area contributed by atoms with Gasteiger partial charge in [0.25, 0.3) is 10.0 Å². The molecule has 142 valence electrons. The van der Waals surface area contributed by atoms with Gasteiger partial charge in [-0.3, -0.25) is 9.71 Å². The summed E-state index contributed by atoms with van der Waals surface area (Å²) in [5.41, 5.74) is 1.39. The number of rotatable bonds is 5. The van der Waals surface area contributed by atoms with E-state index in [0.29, 0.717) is 11.2 Å². The molecule has 4 N–H and O–H groups in total. The number of sulfonamides is 1. The van der Waals surface area contributed by atoms with Crippen LogP contribution in [0.5, 0.6) is 5.75 Å². The van der Waals surface area contributed by atoms with Gasteiger partial charge in [0, 0.05) is 18.0 Å². The van der Waals surface area contributed by atoms with Gasteiger partial charge in [-0.25, -0.2) is 18.2 Å². The van der Waals surface area contributed by atoms with Gasteiger partial charge in [0.15, 0.2) is 11.4 Å². The largest absolute Gasteiger partial charge is 0.508 e. The van der Waals surface area contributed by atoms with Crippen molar-refractivity contribution < 1.29 is 17.9 Å². The Hall–Kier alpha value is -3.79. The summed E-state index contributed by atoms with van der Waals surface area (Å²) in [6.07, 6.45) is 1.51. The summed E-state index contributed by atoms with van der Waals surface area (Å²) in [7, 11) is -3.96. The van der Waals surface area contributed by atoms with Crippen LogP contribution in [0.3, 0.4) is 0 Å². The summed E-state index contributed by atoms with van der Waals surface area (Å²) in [4.78, 5) is 17.8. The Labute approximate surface area is 158 Å². The maximum absolute atomic E-state index is 12.8. The second kappa shape index (κ2) is 6.74. The highest BCUT2D eigenvalue weighted by atomic mass is 32.2. The highest BCUT2D eigenvalue weighted by Gasteiger charge is 2.18. The number of aromatic hydroxyl groups is 1. The number of hydrogen-bond donors (Lipinski definition) is 4. The first kappa shape index (κ1) is 17.6. The molecule has 0 fully saturated rings. The maximum atomic E-state index is 12.8. The number of anilines is 3. The number of phenolic OH excluding ortho intramolecular Hbond substituents is 1. The zero-order valence-electron chi connectivity index (χ0n) is 14.2. The Morgan fingerprint density at radius 3 is 2.64 bits per heavy atom. The highest BCUT2D eigenvalue weighted by Crippen LogP contribution is 2.27. The molecule has 0 unspecified atom stereocenters. The van der Waals surface area contributed by atoms with Crippen molar-refractivity contribution >= 4 is 38.3 Å². The highest BCUT2D eigenvalue weighted by molar-refractivity contribution is 7.92. The van der Waals surface area contributed by atoms with Crippen LogP contribution in [0.4, 0.5) is 17.2 Å². The molecule has 2 aromatic carbocycles. The number of pyridine rings is 1. The summed E-state index contributed by atoms with van der Waals surface area (Å²) < 4.78 is 32.9. The third kappa shape index (κ3) is 3.53. The predicted octanol–water partition coefficient (Wildman–Crippen LogP) is 2.77. The number of phenols is 1. The van der Waals surface area contributed by atoms with Crippen LogP contribution >= 0.6 is 0 Å². The Morgan fingerprint density at radius 1 is 1.07 bits per heavy atom. The molecule has 4 rings (SSSR count). The molecule has 10 heteroatoms. The van der Waals surface area contributed by atoms with Crippen LogP contribution in [-0.4, -0.2) is 23.5 Å². The van der Waals surface area contributed by atoms with Gasteiger partial charge in [-0.1, -0.05) is 0 Å². The molecular weight excluding hydrogens is 384 g/mol. The Bertz CT molecular complexity index is 1310. The van der Waals surface area contributed by atoms with Gasteiger partial charge in [-0.05, 0) is 48.5 Å². The minimum atomic E-state index is -3.96. The van der Waals surface area contributed by atoms with Crippen LogP contribution in [0.25, 0.3) is 11.1 Å². The zero-order chi connectivity index (χ0) is 19.7. The first-order valence-corrected chi connectivity index (χ1v) is 9.56. The molecule has 4 aromatic rings. The van der Waals surface area contributed by atoms with Crippen LogP contribution in [0.15, 0.2) is 74.9 Å². The molecule has 9 nitrogen and oxygen atoms in total. The number of benzene rings is 2. The molecule has 2 aromatic heterocycles. The van der Waals surface area contributed by atoms with E-state index in [9.17, 15) is 18.3 Å². The average Bonchev–Trinajstić information content (AvgIpc) is 3.04. The number of fused-ring (bicyclic) bond motifs is 1. The van der Waals surface area contributed by atoms with E-state index >= 15 is 0 Å². The Balaban J connectivity index is 1.65. The molecule has 0 aliphatic heterocycles. The molecule has 28 heavy (non-hydrogen) atoms. The molecule has 2 heterocycles. The van der Waals surface area contributed by atoms with Gasteiger partial charge >= 0.3 is 5.76 Å². The third-order valence-corrected chi connectivity index (χ3v) is 5.25. The van der Waals surface area contributed by atoms with Gasteiger partial charge in [-0.2, -0.15) is 0 Å². The monoisotopic (exact) mass is 398 g/mol. The van der Waals surface area contributed by atoms with Crippen molar-refractivity contribution in [3.63, 3.8) is 0 Å². The molecule has 0 spiro atoms. The molecule has 0 saturated heterocycles. The number of nitrogens with one attached hydrogen (secondary N) is 3. The first-order valence-electron chi connectivity index (χ1n) is 8.07. The number of H-pyrrole nitrogens is 1. The lowest BCUT2D eigenvalue weighted by molar-refractivity contribution is 0.475.